The summed E-state index contributed by atoms with van der Waals surface area (Å²) in [7, 11) is 0. The molecular formula is C11H14N2O4S. The zero-order valence-corrected chi connectivity index (χ0v) is 10.8. The van der Waals surface area contributed by atoms with Gasteiger partial charge in [-0.25, -0.2) is 0 Å². The first-order valence-corrected chi connectivity index (χ1v) is 6.13. The molecule has 2 amide bonds. The second-order valence-electron chi connectivity index (χ2n) is 3.93. The van der Waals surface area contributed by atoms with Gasteiger partial charge in [-0.05, 0) is 11.4 Å². The first-order valence-electron chi connectivity index (χ1n) is 5.25. The van der Waals surface area contributed by atoms with Crippen molar-refractivity contribution in [1.82, 2.24) is 0 Å². The summed E-state index contributed by atoms with van der Waals surface area (Å²) in [4.78, 5) is 33.6. The van der Waals surface area contributed by atoms with Crippen LogP contribution >= 0.6 is 11.3 Å². The molecular weight excluding hydrogens is 256 g/mol. The van der Waals surface area contributed by atoms with Crippen molar-refractivity contribution in [2.24, 2.45) is 17.6 Å². The number of aliphatic carboxylic acids is 1. The van der Waals surface area contributed by atoms with Crippen molar-refractivity contribution in [2.75, 3.05) is 5.32 Å². The number of carboxylic acid groups (broad SMARTS) is 1. The number of carboxylic acids is 1. The fraction of sp³-hybridized carbons (Fsp3) is 0.364. The molecule has 2 atom stereocenters. The van der Waals surface area contributed by atoms with E-state index >= 15 is 0 Å². The topological polar surface area (TPSA) is 109 Å². The third kappa shape index (κ3) is 3.07. The summed E-state index contributed by atoms with van der Waals surface area (Å²) in [6.07, 6.45) is 0. The van der Waals surface area contributed by atoms with Gasteiger partial charge >= 0.3 is 5.97 Å². The second kappa shape index (κ2) is 5.63. The van der Waals surface area contributed by atoms with Gasteiger partial charge in [-0.3, -0.25) is 14.4 Å². The van der Waals surface area contributed by atoms with E-state index in [0.29, 0.717) is 5.00 Å². The van der Waals surface area contributed by atoms with Gasteiger partial charge in [0.2, 0.25) is 5.91 Å². The maximum atomic E-state index is 11.8. The zero-order chi connectivity index (χ0) is 13.9. The summed E-state index contributed by atoms with van der Waals surface area (Å²) < 4.78 is 0. The Kier molecular flexibility index (Phi) is 4.43. The SMILES string of the molecule is CC(C(=O)O)C(C)C(=O)Nc1sccc1C(N)=O. The fourth-order valence-corrected chi connectivity index (χ4v) is 2.06. The van der Waals surface area contributed by atoms with Gasteiger partial charge in [-0.1, -0.05) is 13.8 Å². The molecule has 0 aromatic carbocycles. The molecule has 0 saturated heterocycles. The van der Waals surface area contributed by atoms with Crippen molar-refractivity contribution < 1.29 is 19.5 Å². The van der Waals surface area contributed by atoms with Gasteiger partial charge in [0.1, 0.15) is 5.00 Å². The number of carbonyl (C=O) groups excluding carboxylic acids is 2. The minimum atomic E-state index is -1.04. The van der Waals surface area contributed by atoms with Crippen LogP contribution in [0.25, 0.3) is 0 Å². The number of thiophene rings is 1. The van der Waals surface area contributed by atoms with Crippen LogP contribution in [0.5, 0.6) is 0 Å². The third-order valence-electron chi connectivity index (χ3n) is 2.72. The van der Waals surface area contributed by atoms with Crippen LogP contribution in [-0.4, -0.2) is 22.9 Å². The molecule has 98 valence electrons. The van der Waals surface area contributed by atoms with E-state index in [0.717, 1.165) is 11.3 Å². The molecule has 1 rings (SSSR count). The van der Waals surface area contributed by atoms with E-state index in [-0.39, 0.29) is 5.56 Å². The predicted molar refractivity (Wildman–Crippen MR) is 67.4 cm³/mol. The Labute approximate surface area is 108 Å². The molecule has 1 aromatic rings. The van der Waals surface area contributed by atoms with Crippen LogP contribution < -0.4 is 11.1 Å². The third-order valence-corrected chi connectivity index (χ3v) is 3.55. The van der Waals surface area contributed by atoms with Gasteiger partial charge in [0.15, 0.2) is 0 Å². The lowest BCUT2D eigenvalue weighted by molar-refractivity contribution is -0.145. The lowest BCUT2D eigenvalue weighted by Gasteiger charge is -2.15. The van der Waals surface area contributed by atoms with Crippen molar-refractivity contribution in [2.45, 2.75) is 13.8 Å². The van der Waals surface area contributed by atoms with Crippen LogP contribution in [0.1, 0.15) is 24.2 Å². The Hall–Kier alpha value is -1.89. The predicted octanol–water partition coefficient (Wildman–Crippen LogP) is 1.14. The summed E-state index contributed by atoms with van der Waals surface area (Å²) >= 11 is 1.16. The van der Waals surface area contributed by atoms with Crippen LogP contribution in [0.4, 0.5) is 5.00 Å². The first kappa shape index (κ1) is 14.2. The van der Waals surface area contributed by atoms with Crippen LogP contribution in [0.15, 0.2) is 11.4 Å². The molecule has 7 heteroatoms. The lowest BCUT2D eigenvalue weighted by atomic mass is 9.95. The average molecular weight is 270 g/mol. The molecule has 0 aliphatic carbocycles. The molecule has 0 radical (unpaired) electrons. The van der Waals surface area contributed by atoms with Crippen molar-refractivity contribution in [3.05, 3.63) is 17.0 Å². The number of rotatable bonds is 5. The number of primary amides is 1. The summed E-state index contributed by atoms with van der Waals surface area (Å²) in [5.41, 5.74) is 5.37. The van der Waals surface area contributed by atoms with Crippen LogP contribution in [0.2, 0.25) is 0 Å². The van der Waals surface area contributed by atoms with E-state index in [9.17, 15) is 14.4 Å². The Balaban J connectivity index is 2.79. The fourth-order valence-electron chi connectivity index (χ4n) is 1.27. The highest BCUT2D eigenvalue weighted by molar-refractivity contribution is 7.14. The summed E-state index contributed by atoms with van der Waals surface area (Å²) in [6.45, 7) is 2.97. The second-order valence-corrected chi connectivity index (χ2v) is 4.85. The highest BCUT2D eigenvalue weighted by atomic mass is 32.1. The Morgan fingerprint density at radius 3 is 2.44 bits per heavy atom. The standard InChI is InChI=1S/C11H14N2O4S/c1-5(6(2)11(16)17)9(15)13-10-7(8(12)14)3-4-18-10/h3-6H,1-2H3,(H2,12,14)(H,13,15)(H,16,17). The van der Waals surface area contributed by atoms with Gasteiger partial charge in [0, 0.05) is 5.92 Å². The van der Waals surface area contributed by atoms with E-state index in [1.54, 1.807) is 5.38 Å². The van der Waals surface area contributed by atoms with Crippen molar-refractivity contribution in [3.63, 3.8) is 0 Å². The normalized spacial score (nSPS) is 13.7. The maximum Gasteiger partial charge on any atom is 0.307 e. The van der Waals surface area contributed by atoms with Crippen molar-refractivity contribution in [1.29, 1.82) is 0 Å². The van der Waals surface area contributed by atoms with E-state index in [1.165, 1.54) is 19.9 Å². The average Bonchev–Trinajstić information content (AvgIpc) is 2.74. The number of nitrogens with one attached hydrogen (secondary N) is 1. The molecule has 4 N–H and O–H groups in total. The van der Waals surface area contributed by atoms with Crippen LogP contribution in [0.3, 0.4) is 0 Å². The number of hydrogen-bond donors (Lipinski definition) is 3. The quantitative estimate of drug-likeness (QED) is 0.745. The Morgan fingerprint density at radius 1 is 1.33 bits per heavy atom. The monoisotopic (exact) mass is 270 g/mol. The summed E-state index contributed by atoms with van der Waals surface area (Å²) in [5.74, 6) is -3.63. The molecule has 1 heterocycles. The molecule has 0 fully saturated rings. The molecule has 1 aromatic heterocycles. The molecule has 0 aliphatic heterocycles. The number of amides is 2. The number of nitrogens with two attached hydrogens (primary N) is 1. The van der Waals surface area contributed by atoms with Gasteiger partial charge in [0.25, 0.3) is 5.91 Å². The van der Waals surface area contributed by atoms with Gasteiger partial charge < -0.3 is 16.2 Å². The summed E-state index contributed by atoms with van der Waals surface area (Å²) in [6, 6.07) is 1.51. The number of hydrogen-bond acceptors (Lipinski definition) is 4. The highest BCUT2D eigenvalue weighted by Gasteiger charge is 2.26. The summed E-state index contributed by atoms with van der Waals surface area (Å²) in [5, 5.41) is 13.3. The van der Waals surface area contributed by atoms with Gasteiger partial charge in [-0.2, -0.15) is 0 Å². The molecule has 2 unspecified atom stereocenters. The molecule has 6 nitrogen and oxygen atoms in total. The maximum absolute atomic E-state index is 11.8. The minimum absolute atomic E-state index is 0.225. The minimum Gasteiger partial charge on any atom is -0.481 e. The van der Waals surface area contributed by atoms with Crippen LogP contribution in [0, 0.1) is 11.8 Å². The van der Waals surface area contributed by atoms with E-state index in [4.69, 9.17) is 10.8 Å². The lowest BCUT2D eigenvalue weighted by Crippen LogP contribution is -2.30. The van der Waals surface area contributed by atoms with Crippen LogP contribution in [-0.2, 0) is 9.59 Å². The molecule has 18 heavy (non-hydrogen) atoms. The number of anilines is 1. The number of carbonyl (C=O) groups is 3. The van der Waals surface area contributed by atoms with E-state index in [1.807, 2.05) is 0 Å². The molecule has 0 bridgehead atoms. The first-order chi connectivity index (χ1) is 8.34. The highest BCUT2D eigenvalue weighted by Crippen LogP contribution is 2.24. The van der Waals surface area contributed by atoms with E-state index < -0.39 is 29.6 Å². The Bertz CT molecular complexity index is 483. The molecule has 0 saturated carbocycles. The largest absolute Gasteiger partial charge is 0.481 e. The smallest absolute Gasteiger partial charge is 0.307 e. The zero-order valence-electron chi connectivity index (χ0n) is 9.97. The van der Waals surface area contributed by atoms with E-state index in [2.05, 4.69) is 5.32 Å². The molecule has 0 aliphatic rings. The van der Waals surface area contributed by atoms with Crippen molar-refractivity contribution in [3.8, 4) is 0 Å². The van der Waals surface area contributed by atoms with Gasteiger partial charge in [0.05, 0.1) is 11.5 Å². The van der Waals surface area contributed by atoms with Gasteiger partial charge in [-0.15, -0.1) is 11.3 Å². The van der Waals surface area contributed by atoms with Crippen molar-refractivity contribution >= 4 is 34.1 Å². The Morgan fingerprint density at radius 2 is 1.94 bits per heavy atom. The molecule has 0 spiro atoms.